The van der Waals surface area contributed by atoms with Gasteiger partial charge < -0.3 is 10.2 Å². The number of nitrogens with one attached hydrogen (secondary N) is 2. The van der Waals surface area contributed by atoms with Crippen molar-refractivity contribution in [1.82, 2.24) is 15.1 Å². The number of likely N-dealkylation sites (tertiary alicyclic amines) is 1. The normalized spacial score (nSPS) is 19.1. The largest absolute Gasteiger partial charge is 0.322 e. The minimum absolute atomic E-state index is 0.0589. The topological polar surface area (TPSA) is 61.0 Å². The highest BCUT2D eigenvalue weighted by Crippen LogP contribution is 2.32. The fraction of sp³-hybridized carbons (Fsp3) is 0.385. The van der Waals surface area contributed by atoms with Crippen LogP contribution in [0.1, 0.15) is 31.0 Å². The number of hydrogen-bond acceptors (Lipinski definition) is 3. The molecule has 0 unspecified atom stereocenters. The first-order valence-electron chi connectivity index (χ1n) is 6.55. The van der Waals surface area contributed by atoms with Gasteiger partial charge in [0.15, 0.2) is 0 Å². The van der Waals surface area contributed by atoms with Gasteiger partial charge in [0.25, 0.3) is 0 Å². The number of urea groups is 1. The predicted molar refractivity (Wildman–Crippen MR) is 80.2 cm³/mol. The van der Waals surface area contributed by atoms with Crippen LogP contribution in [0.5, 0.6) is 0 Å². The number of piperidine rings is 1. The van der Waals surface area contributed by atoms with Crippen LogP contribution in [-0.4, -0.2) is 27.7 Å². The molecule has 3 rings (SSSR count). The molecule has 0 aliphatic carbocycles. The Labute approximate surface area is 125 Å². The van der Waals surface area contributed by atoms with Crippen molar-refractivity contribution in [1.29, 1.82) is 0 Å². The molecule has 2 aromatic heterocycles. The summed E-state index contributed by atoms with van der Waals surface area (Å²) in [7, 11) is 0. The third-order valence-electron chi connectivity index (χ3n) is 3.50. The Morgan fingerprint density at radius 3 is 3.10 bits per heavy atom. The maximum Gasteiger partial charge on any atom is 0.322 e. The number of aromatic nitrogens is 2. The first-order chi connectivity index (χ1) is 9.75. The molecule has 0 saturated carbocycles. The average molecular weight is 311 g/mol. The lowest BCUT2D eigenvalue weighted by Crippen LogP contribution is -2.41. The van der Waals surface area contributed by atoms with E-state index < -0.39 is 0 Å². The van der Waals surface area contributed by atoms with Crippen LogP contribution in [0.25, 0.3) is 0 Å². The fourth-order valence-electron chi connectivity index (χ4n) is 2.52. The summed E-state index contributed by atoms with van der Waals surface area (Å²) in [5, 5.41) is 11.7. The van der Waals surface area contributed by atoms with Gasteiger partial charge in [0, 0.05) is 12.7 Å². The second kappa shape index (κ2) is 5.85. The molecule has 1 atom stereocenters. The van der Waals surface area contributed by atoms with E-state index in [1.54, 1.807) is 6.20 Å². The van der Waals surface area contributed by atoms with E-state index in [0.29, 0.717) is 10.0 Å². The Kier molecular flexibility index (Phi) is 3.93. The van der Waals surface area contributed by atoms with Crippen molar-refractivity contribution in [2.24, 2.45) is 0 Å². The van der Waals surface area contributed by atoms with E-state index in [2.05, 4.69) is 15.5 Å². The predicted octanol–water partition coefficient (Wildman–Crippen LogP) is 3.88. The molecule has 0 spiro atoms. The number of hydrogen-bond donors (Lipinski definition) is 2. The molecule has 3 heterocycles. The molecule has 0 radical (unpaired) electrons. The maximum atomic E-state index is 12.4. The van der Waals surface area contributed by atoms with Gasteiger partial charge in [-0.1, -0.05) is 11.6 Å². The number of carbonyl (C=O) groups excluding carboxylic acids is 1. The zero-order chi connectivity index (χ0) is 13.9. The molecule has 1 saturated heterocycles. The Balaban J connectivity index is 1.76. The summed E-state index contributed by atoms with van der Waals surface area (Å²) in [6.45, 7) is 0.747. The van der Waals surface area contributed by atoms with Gasteiger partial charge >= 0.3 is 6.03 Å². The number of H-pyrrole nitrogens is 1. The molecule has 1 aliphatic rings. The summed E-state index contributed by atoms with van der Waals surface area (Å²) in [5.41, 5.74) is 1.66. The fourth-order valence-corrected chi connectivity index (χ4v) is 3.35. The van der Waals surface area contributed by atoms with Crippen molar-refractivity contribution in [2.45, 2.75) is 25.3 Å². The molecule has 20 heavy (non-hydrogen) atoms. The first kappa shape index (κ1) is 13.5. The minimum Gasteiger partial charge on any atom is -0.316 e. The number of rotatable bonds is 2. The zero-order valence-corrected chi connectivity index (χ0v) is 12.4. The third kappa shape index (κ3) is 2.66. The molecule has 0 aromatic carbocycles. The van der Waals surface area contributed by atoms with Crippen molar-refractivity contribution >= 4 is 34.7 Å². The molecule has 2 N–H and O–H groups in total. The van der Waals surface area contributed by atoms with E-state index in [9.17, 15) is 4.79 Å². The van der Waals surface area contributed by atoms with Gasteiger partial charge in [-0.05, 0) is 36.8 Å². The van der Waals surface area contributed by atoms with Crippen molar-refractivity contribution in [3.8, 4) is 0 Å². The number of aromatic amines is 1. The van der Waals surface area contributed by atoms with Gasteiger partial charge in [-0.2, -0.15) is 5.10 Å². The molecular weight excluding hydrogens is 296 g/mol. The number of thiophene rings is 1. The Morgan fingerprint density at radius 2 is 2.40 bits per heavy atom. The Hall–Kier alpha value is -1.53. The van der Waals surface area contributed by atoms with Crippen LogP contribution in [0.15, 0.2) is 23.7 Å². The molecular formula is C13H15ClN4OS. The quantitative estimate of drug-likeness (QED) is 0.884. The highest BCUT2D eigenvalue weighted by Gasteiger charge is 2.29. The molecule has 1 aliphatic heterocycles. The number of amides is 2. The lowest BCUT2D eigenvalue weighted by Gasteiger charge is -2.34. The molecule has 106 valence electrons. The van der Waals surface area contributed by atoms with Crippen LogP contribution in [0, 0.1) is 0 Å². The second-order valence-corrected chi connectivity index (χ2v) is 6.27. The van der Waals surface area contributed by atoms with Gasteiger partial charge in [-0.3, -0.25) is 5.10 Å². The van der Waals surface area contributed by atoms with Crippen molar-refractivity contribution in [2.75, 3.05) is 11.9 Å². The van der Waals surface area contributed by atoms with Gasteiger partial charge in [0.1, 0.15) is 4.34 Å². The van der Waals surface area contributed by atoms with Gasteiger partial charge in [-0.15, -0.1) is 11.3 Å². The van der Waals surface area contributed by atoms with Crippen LogP contribution >= 0.6 is 22.9 Å². The summed E-state index contributed by atoms with van der Waals surface area (Å²) in [5.74, 6) is 0. The minimum atomic E-state index is -0.107. The third-order valence-corrected chi connectivity index (χ3v) is 4.67. The first-order valence-corrected chi connectivity index (χ1v) is 7.81. The van der Waals surface area contributed by atoms with Gasteiger partial charge in [0.2, 0.25) is 0 Å². The van der Waals surface area contributed by atoms with Crippen molar-refractivity contribution in [3.63, 3.8) is 0 Å². The lowest BCUT2D eigenvalue weighted by molar-refractivity contribution is 0.161. The van der Waals surface area contributed by atoms with Crippen LogP contribution in [0.4, 0.5) is 10.5 Å². The van der Waals surface area contributed by atoms with Crippen LogP contribution < -0.4 is 5.32 Å². The standard InChI is InChI=1S/C13H15ClN4OS/c14-12-10(5-8-20-12)16-13(19)18-7-2-1-3-11(18)9-4-6-15-17-9/h4-6,8,11H,1-3,7H2,(H,15,17)(H,16,19)/t11-/m0/s1. The van der Waals surface area contributed by atoms with E-state index in [4.69, 9.17) is 11.6 Å². The SMILES string of the molecule is O=C(Nc1ccsc1Cl)N1CCCC[C@H]1c1ccn[nH]1. The van der Waals surface area contributed by atoms with Crippen LogP contribution in [-0.2, 0) is 0 Å². The van der Waals surface area contributed by atoms with Crippen LogP contribution in [0.2, 0.25) is 4.34 Å². The molecule has 1 fully saturated rings. The lowest BCUT2D eigenvalue weighted by atomic mass is 10.00. The number of nitrogens with zero attached hydrogens (tertiary/aromatic N) is 2. The highest BCUT2D eigenvalue weighted by atomic mass is 35.5. The maximum absolute atomic E-state index is 12.4. The highest BCUT2D eigenvalue weighted by molar-refractivity contribution is 7.15. The molecule has 0 bridgehead atoms. The zero-order valence-electron chi connectivity index (χ0n) is 10.8. The molecule has 5 nitrogen and oxygen atoms in total. The number of halogens is 1. The second-order valence-electron chi connectivity index (χ2n) is 4.76. The molecule has 2 aromatic rings. The van der Waals surface area contributed by atoms with Crippen LogP contribution in [0.3, 0.4) is 0 Å². The van der Waals surface area contributed by atoms with E-state index in [0.717, 1.165) is 31.5 Å². The smallest absolute Gasteiger partial charge is 0.316 e. The summed E-state index contributed by atoms with van der Waals surface area (Å²) >= 11 is 7.44. The van der Waals surface area contributed by atoms with Gasteiger partial charge in [-0.25, -0.2) is 4.79 Å². The average Bonchev–Trinajstić information content (AvgIpc) is 3.11. The Bertz CT molecular complexity index is 583. The van der Waals surface area contributed by atoms with Gasteiger partial charge in [0.05, 0.1) is 17.4 Å². The number of anilines is 1. The Morgan fingerprint density at radius 1 is 1.50 bits per heavy atom. The van der Waals surface area contributed by atoms with E-state index in [1.807, 2.05) is 22.4 Å². The summed E-state index contributed by atoms with van der Waals surface area (Å²) in [4.78, 5) is 14.3. The van der Waals surface area contributed by atoms with Crippen molar-refractivity contribution < 1.29 is 4.79 Å². The molecule has 2 amide bonds. The van der Waals surface area contributed by atoms with E-state index in [-0.39, 0.29) is 12.1 Å². The summed E-state index contributed by atoms with van der Waals surface area (Å²) in [6, 6.07) is 3.70. The molecule has 7 heteroatoms. The summed E-state index contributed by atoms with van der Waals surface area (Å²) in [6.07, 6.45) is 4.81. The number of carbonyl (C=O) groups is 1. The van der Waals surface area contributed by atoms with E-state index >= 15 is 0 Å². The van der Waals surface area contributed by atoms with E-state index in [1.165, 1.54) is 11.3 Å². The summed E-state index contributed by atoms with van der Waals surface area (Å²) < 4.78 is 0.605. The monoisotopic (exact) mass is 310 g/mol. The van der Waals surface area contributed by atoms with Crippen molar-refractivity contribution in [3.05, 3.63) is 33.7 Å².